The molecular formula is C14H27N5O6. The SMILES string of the molecule is CC1NC2CC(N)C(OC3OC(CN)C(O)C(N=O)C3N)C(O)C2O1. The maximum absolute atomic E-state index is 11.1. The van der Waals surface area contributed by atoms with Crippen molar-refractivity contribution >= 4 is 0 Å². The van der Waals surface area contributed by atoms with Gasteiger partial charge < -0.3 is 41.6 Å². The highest BCUT2D eigenvalue weighted by atomic mass is 16.7. The van der Waals surface area contributed by atoms with Crippen molar-refractivity contribution in [3.05, 3.63) is 4.91 Å². The summed E-state index contributed by atoms with van der Waals surface area (Å²) >= 11 is 0. The number of aliphatic hydroxyl groups is 2. The summed E-state index contributed by atoms with van der Waals surface area (Å²) in [4.78, 5) is 11.1. The average Bonchev–Trinajstić information content (AvgIpc) is 2.94. The van der Waals surface area contributed by atoms with Crippen molar-refractivity contribution in [1.82, 2.24) is 5.32 Å². The molecule has 11 nitrogen and oxygen atoms in total. The molecule has 0 aromatic rings. The zero-order valence-electron chi connectivity index (χ0n) is 14.0. The normalized spacial score (nSPS) is 53.4. The Hall–Kier alpha value is -0.760. The molecule has 0 aromatic carbocycles. The Morgan fingerprint density at radius 3 is 2.64 bits per heavy atom. The molecule has 2 aliphatic heterocycles. The summed E-state index contributed by atoms with van der Waals surface area (Å²) < 4.78 is 17.1. The first kappa shape index (κ1) is 19.0. The molecule has 0 amide bonds. The summed E-state index contributed by atoms with van der Waals surface area (Å²) in [5, 5.41) is 26.8. The standard InChI is InChI=1S/C14H27N5O6/c1-4-18-6-2-5(16)12(11(21)13(6)23-4)25-14-8(17)9(19-22)10(20)7(3-15)24-14/h4-14,18,20-21H,2-3,15-17H2,1H3. The second-order valence-corrected chi connectivity index (χ2v) is 6.95. The van der Waals surface area contributed by atoms with Crippen molar-refractivity contribution < 1.29 is 24.4 Å². The molecule has 1 aliphatic carbocycles. The Bertz CT molecular complexity index is 487. The molecule has 0 aromatic heterocycles. The highest BCUT2D eigenvalue weighted by Gasteiger charge is 2.51. The summed E-state index contributed by atoms with van der Waals surface area (Å²) in [7, 11) is 0. The highest BCUT2D eigenvalue weighted by molar-refractivity contribution is 5.04. The molecule has 3 aliphatic rings. The van der Waals surface area contributed by atoms with Crippen molar-refractivity contribution in [3.63, 3.8) is 0 Å². The van der Waals surface area contributed by atoms with Gasteiger partial charge in [-0.25, -0.2) is 0 Å². The number of nitrogens with one attached hydrogen (secondary N) is 1. The second-order valence-electron chi connectivity index (χ2n) is 6.95. The minimum atomic E-state index is -1.21. The molecule has 2 heterocycles. The Morgan fingerprint density at radius 2 is 2.00 bits per heavy atom. The van der Waals surface area contributed by atoms with Crippen LogP contribution in [0.1, 0.15) is 13.3 Å². The van der Waals surface area contributed by atoms with Gasteiger partial charge in [0.2, 0.25) is 0 Å². The van der Waals surface area contributed by atoms with E-state index >= 15 is 0 Å². The predicted octanol–water partition coefficient (Wildman–Crippen LogP) is -3.33. The topological polar surface area (TPSA) is 188 Å². The van der Waals surface area contributed by atoms with E-state index in [4.69, 9.17) is 31.4 Å². The Kier molecular flexibility index (Phi) is 5.68. The fraction of sp³-hybridized carbons (Fsp3) is 1.00. The number of hydrogen-bond donors (Lipinski definition) is 6. The number of aliphatic hydroxyl groups excluding tert-OH is 2. The molecule has 1 saturated carbocycles. The van der Waals surface area contributed by atoms with Crippen LogP contribution in [0.4, 0.5) is 0 Å². The smallest absolute Gasteiger partial charge is 0.175 e. The van der Waals surface area contributed by atoms with E-state index in [-0.39, 0.29) is 18.8 Å². The zero-order chi connectivity index (χ0) is 18.3. The molecule has 3 rings (SSSR count). The lowest BCUT2D eigenvalue weighted by molar-refractivity contribution is -0.271. The van der Waals surface area contributed by atoms with Gasteiger partial charge in [0.1, 0.15) is 42.8 Å². The molecule has 0 radical (unpaired) electrons. The lowest BCUT2D eigenvalue weighted by Gasteiger charge is -2.45. The maximum Gasteiger partial charge on any atom is 0.175 e. The largest absolute Gasteiger partial charge is 0.388 e. The van der Waals surface area contributed by atoms with Crippen molar-refractivity contribution in [2.45, 2.75) is 80.5 Å². The van der Waals surface area contributed by atoms with Gasteiger partial charge in [-0.2, -0.15) is 4.91 Å². The first-order valence-electron chi connectivity index (χ1n) is 8.49. The van der Waals surface area contributed by atoms with Crippen LogP contribution in [0.15, 0.2) is 5.18 Å². The van der Waals surface area contributed by atoms with Gasteiger partial charge >= 0.3 is 0 Å². The number of fused-ring (bicyclic) bond motifs is 1. The third-order valence-electron chi connectivity index (χ3n) is 5.22. The van der Waals surface area contributed by atoms with Crippen LogP contribution >= 0.6 is 0 Å². The number of nitrogens with zero attached hydrogens (tertiary/aromatic N) is 1. The molecule has 11 unspecified atom stereocenters. The number of hydrogen-bond acceptors (Lipinski definition) is 11. The van der Waals surface area contributed by atoms with Crippen molar-refractivity contribution in [3.8, 4) is 0 Å². The molecule has 3 fully saturated rings. The van der Waals surface area contributed by atoms with E-state index in [0.717, 1.165) is 0 Å². The zero-order valence-corrected chi connectivity index (χ0v) is 14.0. The van der Waals surface area contributed by atoms with Crippen LogP contribution in [0.2, 0.25) is 0 Å². The quantitative estimate of drug-likeness (QED) is 0.276. The summed E-state index contributed by atoms with van der Waals surface area (Å²) in [6, 6.07) is -2.68. The third kappa shape index (κ3) is 3.44. The lowest BCUT2D eigenvalue weighted by Crippen LogP contribution is -2.66. The molecule has 11 heteroatoms. The number of ether oxygens (including phenoxy) is 3. The van der Waals surface area contributed by atoms with Crippen LogP contribution in [-0.2, 0) is 14.2 Å². The molecule has 11 atom stereocenters. The maximum atomic E-state index is 11.1. The van der Waals surface area contributed by atoms with Gasteiger partial charge in [0.15, 0.2) is 6.29 Å². The predicted molar refractivity (Wildman–Crippen MR) is 86.0 cm³/mol. The van der Waals surface area contributed by atoms with Crippen LogP contribution < -0.4 is 22.5 Å². The minimum Gasteiger partial charge on any atom is -0.388 e. The van der Waals surface area contributed by atoms with Crippen LogP contribution in [-0.4, -0.2) is 84.0 Å². The van der Waals surface area contributed by atoms with Crippen LogP contribution in [0.3, 0.4) is 0 Å². The van der Waals surface area contributed by atoms with Crippen molar-refractivity contribution in [1.29, 1.82) is 0 Å². The van der Waals surface area contributed by atoms with Crippen molar-refractivity contribution in [2.24, 2.45) is 22.4 Å². The molecule has 25 heavy (non-hydrogen) atoms. The van der Waals surface area contributed by atoms with Crippen LogP contribution in [0.25, 0.3) is 0 Å². The highest BCUT2D eigenvalue weighted by Crippen LogP contribution is 2.32. The lowest BCUT2D eigenvalue weighted by atomic mass is 9.84. The fourth-order valence-electron chi connectivity index (χ4n) is 3.89. The van der Waals surface area contributed by atoms with E-state index in [1.54, 1.807) is 0 Å². The monoisotopic (exact) mass is 361 g/mol. The van der Waals surface area contributed by atoms with Gasteiger partial charge in [0.05, 0.1) is 6.04 Å². The number of nitrogens with two attached hydrogens (primary N) is 3. The van der Waals surface area contributed by atoms with E-state index < -0.39 is 54.9 Å². The molecule has 0 spiro atoms. The van der Waals surface area contributed by atoms with Crippen molar-refractivity contribution in [2.75, 3.05) is 6.54 Å². The van der Waals surface area contributed by atoms with Crippen LogP contribution in [0.5, 0.6) is 0 Å². The van der Waals surface area contributed by atoms with E-state index in [1.165, 1.54) is 0 Å². The first-order valence-corrected chi connectivity index (χ1v) is 8.49. The Morgan fingerprint density at radius 1 is 1.28 bits per heavy atom. The van der Waals surface area contributed by atoms with Gasteiger partial charge in [-0.1, -0.05) is 5.18 Å². The van der Waals surface area contributed by atoms with Crippen LogP contribution in [0, 0.1) is 4.91 Å². The van der Waals surface area contributed by atoms with Gasteiger partial charge in [-0.05, 0) is 13.3 Å². The summed E-state index contributed by atoms with van der Waals surface area (Å²) in [5.41, 5.74) is 17.7. The molecule has 2 saturated heterocycles. The molecular weight excluding hydrogens is 334 g/mol. The van der Waals surface area contributed by atoms with E-state index in [9.17, 15) is 15.1 Å². The van der Waals surface area contributed by atoms with Gasteiger partial charge in [-0.15, -0.1) is 0 Å². The Balaban J connectivity index is 1.72. The van der Waals surface area contributed by atoms with E-state index in [1.807, 2.05) is 6.92 Å². The third-order valence-corrected chi connectivity index (χ3v) is 5.22. The summed E-state index contributed by atoms with van der Waals surface area (Å²) in [6.07, 6.45) is -5.04. The number of nitroso groups, excluding NO2 is 1. The Labute approximate surface area is 145 Å². The molecule has 144 valence electrons. The second kappa shape index (κ2) is 7.47. The van der Waals surface area contributed by atoms with Gasteiger partial charge in [0, 0.05) is 18.6 Å². The summed E-state index contributed by atoms with van der Waals surface area (Å²) in [6.45, 7) is 1.81. The summed E-state index contributed by atoms with van der Waals surface area (Å²) in [5.74, 6) is 0. The van der Waals surface area contributed by atoms with Gasteiger partial charge in [-0.3, -0.25) is 5.32 Å². The van der Waals surface area contributed by atoms with E-state index in [2.05, 4.69) is 10.5 Å². The average molecular weight is 361 g/mol. The molecule has 9 N–H and O–H groups in total. The van der Waals surface area contributed by atoms with E-state index in [0.29, 0.717) is 6.42 Å². The number of rotatable bonds is 4. The van der Waals surface area contributed by atoms with Gasteiger partial charge in [0.25, 0.3) is 0 Å². The minimum absolute atomic E-state index is 0.0334. The fourth-order valence-corrected chi connectivity index (χ4v) is 3.89. The molecule has 0 bridgehead atoms. The first-order chi connectivity index (χ1) is 11.9.